The first-order valence-electron chi connectivity index (χ1n) is 10.8. The molecule has 1 saturated heterocycles. The van der Waals surface area contributed by atoms with Gasteiger partial charge < -0.3 is 24.0 Å². The van der Waals surface area contributed by atoms with Crippen LogP contribution in [0, 0.1) is 0 Å². The standard InChI is InChI=1S/C22H38N2O7/c1-21(2,3)30-19(27)15-23(7)17(25)9-8-10-18(26)29-16-11-13-24(14-12-16)20(28)31-22(4,5)6/h16H,8-15H2,1-7H3. The van der Waals surface area contributed by atoms with Crippen molar-refractivity contribution in [1.29, 1.82) is 0 Å². The molecule has 9 nitrogen and oxygen atoms in total. The predicted octanol–water partition coefficient (Wildman–Crippen LogP) is 2.90. The molecule has 0 saturated carbocycles. The Balaban J connectivity index is 2.26. The van der Waals surface area contributed by atoms with Crippen molar-refractivity contribution in [3.05, 3.63) is 0 Å². The Morgan fingerprint density at radius 1 is 0.871 bits per heavy atom. The van der Waals surface area contributed by atoms with E-state index in [1.807, 2.05) is 20.8 Å². The maximum Gasteiger partial charge on any atom is 0.410 e. The maximum atomic E-state index is 12.1. The van der Waals surface area contributed by atoms with Crippen LogP contribution < -0.4 is 0 Å². The number of ether oxygens (including phenoxy) is 3. The van der Waals surface area contributed by atoms with E-state index in [1.54, 1.807) is 25.7 Å². The molecule has 1 rings (SSSR count). The van der Waals surface area contributed by atoms with Crippen molar-refractivity contribution in [2.24, 2.45) is 0 Å². The van der Waals surface area contributed by atoms with Gasteiger partial charge in [-0.15, -0.1) is 0 Å². The third kappa shape index (κ3) is 11.6. The topological polar surface area (TPSA) is 102 Å². The van der Waals surface area contributed by atoms with Crippen molar-refractivity contribution in [3.63, 3.8) is 0 Å². The van der Waals surface area contributed by atoms with Gasteiger partial charge in [0.15, 0.2) is 0 Å². The van der Waals surface area contributed by atoms with E-state index in [0.717, 1.165) is 0 Å². The molecule has 0 aromatic carbocycles. The minimum atomic E-state index is -0.603. The van der Waals surface area contributed by atoms with Crippen LogP contribution in [0.15, 0.2) is 0 Å². The largest absolute Gasteiger partial charge is 0.462 e. The maximum absolute atomic E-state index is 12.1. The summed E-state index contributed by atoms with van der Waals surface area (Å²) in [5.74, 6) is -1.07. The smallest absolute Gasteiger partial charge is 0.410 e. The molecule has 31 heavy (non-hydrogen) atoms. The lowest BCUT2D eigenvalue weighted by Gasteiger charge is -2.33. The fourth-order valence-corrected chi connectivity index (χ4v) is 2.96. The molecule has 1 aliphatic heterocycles. The third-order valence-electron chi connectivity index (χ3n) is 4.38. The summed E-state index contributed by atoms with van der Waals surface area (Å²) in [6, 6.07) is 0. The summed E-state index contributed by atoms with van der Waals surface area (Å²) in [6.45, 7) is 11.6. The fourth-order valence-electron chi connectivity index (χ4n) is 2.96. The van der Waals surface area contributed by atoms with E-state index in [0.29, 0.717) is 32.4 Å². The van der Waals surface area contributed by atoms with Crippen LogP contribution in [0.1, 0.15) is 73.6 Å². The summed E-state index contributed by atoms with van der Waals surface area (Å²) >= 11 is 0. The predicted molar refractivity (Wildman–Crippen MR) is 114 cm³/mol. The molecule has 0 bridgehead atoms. The molecule has 1 aliphatic rings. The lowest BCUT2D eigenvalue weighted by atomic mass is 10.1. The monoisotopic (exact) mass is 442 g/mol. The first kappa shape index (κ1) is 26.7. The van der Waals surface area contributed by atoms with Gasteiger partial charge in [-0.2, -0.15) is 0 Å². The van der Waals surface area contributed by atoms with Crippen LogP contribution >= 0.6 is 0 Å². The van der Waals surface area contributed by atoms with Crippen molar-refractivity contribution in [2.75, 3.05) is 26.7 Å². The van der Waals surface area contributed by atoms with Crippen LogP contribution in [0.25, 0.3) is 0 Å². The minimum absolute atomic E-state index is 0.123. The number of carbonyl (C=O) groups excluding carboxylic acids is 4. The van der Waals surface area contributed by atoms with E-state index in [1.165, 1.54) is 11.9 Å². The molecule has 1 heterocycles. The second kappa shape index (κ2) is 11.3. The lowest BCUT2D eigenvalue weighted by molar-refractivity contribution is -0.158. The minimum Gasteiger partial charge on any atom is -0.462 e. The van der Waals surface area contributed by atoms with Crippen molar-refractivity contribution >= 4 is 23.9 Å². The Bertz CT molecular complexity index is 641. The van der Waals surface area contributed by atoms with Crippen molar-refractivity contribution in [3.8, 4) is 0 Å². The van der Waals surface area contributed by atoms with E-state index in [9.17, 15) is 19.2 Å². The normalized spacial score (nSPS) is 15.3. The Morgan fingerprint density at radius 3 is 1.94 bits per heavy atom. The molecule has 9 heteroatoms. The molecule has 178 valence electrons. The van der Waals surface area contributed by atoms with Gasteiger partial charge in [0.1, 0.15) is 23.9 Å². The first-order chi connectivity index (χ1) is 14.2. The van der Waals surface area contributed by atoms with Crippen LogP contribution in [0.3, 0.4) is 0 Å². The first-order valence-corrected chi connectivity index (χ1v) is 10.8. The SMILES string of the molecule is CN(CC(=O)OC(C)(C)C)C(=O)CCCC(=O)OC1CCN(C(=O)OC(C)(C)C)CC1. The molecule has 2 amide bonds. The van der Waals surface area contributed by atoms with Crippen molar-refractivity contribution < 1.29 is 33.4 Å². The van der Waals surface area contributed by atoms with Crippen LogP contribution in [0.2, 0.25) is 0 Å². The molecular weight excluding hydrogens is 404 g/mol. The summed E-state index contributed by atoms with van der Waals surface area (Å²) in [5.41, 5.74) is -1.15. The molecule has 0 aromatic rings. The average molecular weight is 443 g/mol. The van der Waals surface area contributed by atoms with Crippen LogP contribution in [-0.2, 0) is 28.6 Å². The highest BCUT2D eigenvalue weighted by Crippen LogP contribution is 2.18. The fraction of sp³-hybridized carbons (Fsp3) is 0.818. The molecule has 0 spiro atoms. The van der Waals surface area contributed by atoms with Crippen molar-refractivity contribution in [1.82, 2.24) is 9.80 Å². The van der Waals surface area contributed by atoms with Crippen molar-refractivity contribution in [2.45, 2.75) is 91.0 Å². The number of likely N-dealkylation sites (N-methyl/N-ethyl adjacent to an activating group) is 1. The highest BCUT2D eigenvalue weighted by molar-refractivity contribution is 5.82. The van der Waals surface area contributed by atoms with Gasteiger partial charge in [-0.3, -0.25) is 14.4 Å². The average Bonchev–Trinajstić information content (AvgIpc) is 2.58. The van der Waals surface area contributed by atoms with Gasteiger partial charge in [-0.05, 0) is 48.0 Å². The highest BCUT2D eigenvalue weighted by Gasteiger charge is 2.28. The lowest BCUT2D eigenvalue weighted by Crippen LogP contribution is -2.43. The Hall–Kier alpha value is -2.32. The Morgan fingerprint density at radius 2 is 1.42 bits per heavy atom. The molecular formula is C22H38N2O7. The zero-order valence-corrected chi connectivity index (χ0v) is 20.0. The second-order valence-electron chi connectivity index (χ2n) is 9.85. The summed E-state index contributed by atoms with van der Waals surface area (Å²) < 4.78 is 16.0. The van der Waals surface area contributed by atoms with Gasteiger partial charge in [0.2, 0.25) is 5.91 Å². The summed E-state index contributed by atoms with van der Waals surface area (Å²) in [6.07, 6.45) is 1.13. The Kier molecular flexibility index (Phi) is 9.77. The number of likely N-dealkylation sites (tertiary alicyclic amines) is 1. The second-order valence-corrected chi connectivity index (χ2v) is 9.85. The van der Waals surface area contributed by atoms with E-state index in [4.69, 9.17) is 14.2 Å². The van der Waals surface area contributed by atoms with Gasteiger partial charge in [-0.25, -0.2) is 4.79 Å². The summed E-state index contributed by atoms with van der Waals surface area (Å²) in [4.78, 5) is 51.0. The van der Waals surface area contributed by atoms with E-state index in [-0.39, 0.29) is 43.5 Å². The van der Waals surface area contributed by atoms with Gasteiger partial charge in [0.25, 0.3) is 0 Å². The molecule has 0 N–H and O–H groups in total. The molecule has 0 unspecified atom stereocenters. The molecule has 0 aliphatic carbocycles. The zero-order chi connectivity index (χ0) is 23.8. The zero-order valence-electron chi connectivity index (χ0n) is 20.0. The number of hydrogen-bond donors (Lipinski definition) is 0. The third-order valence-corrected chi connectivity index (χ3v) is 4.38. The quantitative estimate of drug-likeness (QED) is 0.441. The van der Waals surface area contributed by atoms with E-state index >= 15 is 0 Å². The molecule has 1 fully saturated rings. The number of nitrogens with zero attached hydrogens (tertiary/aromatic N) is 2. The Labute approximate surface area is 185 Å². The highest BCUT2D eigenvalue weighted by atomic mass is 16.6. The summed E-state index contributed by atoms with van der Waals surface area (Å²) in [5, 5.41) is 0. The van der Waals surface area contributed by atoms with Crippen LogP contribution in [0.4, 0.5) is 4.79 Å². The molecule has 0 radical (unpaired) electrons. The van der Waals surface area contributed by atoms with Gasteiger partial charge in [-0.1, -0.05) is 0 Å². The number of esters is 2. The van der Waals surface area contributed by atoms with Crippen LogP contribution in [0.5, 0.6) is 0 Å². The van der Waals surface area contributed by atoms with E-state index in [2.05, 4.69) is 0 Å². The number of amides is 2. The van der Waals surface area contributed by atoms with Crippen LogP contribution in [-0.4, -0.2) is 77.7 Å². The van der Waals surface area contributed by atoms with Gasteiger partial charge in [0, 0.05) is 45.8 Å². The number of carbonyl (C=O) groups is 4. The van der Waals surface area contributed by atoms with Gasteiger partial charge >= 0.3 is 18.0 Å². The van der Waals surface area contributed by atoms with Gasteiger partial charge in [0.05, 0.1) is 0 Å². The molecule has 0 atom stereocenters. The number of piperidine rings is 1. The number of rotatable bonds is 7. The summed E-state index contributed by atoms with van der Waals surface area (Å²) in [7, 11) is 1.53. The van der Waals surface area contributed by atoms with E-state index < -0.39 is 17.2 Å². The molecule has 0 aromatic heterocycles. The number of hydrogen-bond acceptors (Lipinski definition) is 7.